The molecule has 3 nitrogen and oxygen atoms in total. The van der Waals surface area contributed by atoms with Crippen LogP contribution in [0.15, 0.2) is 11.7 Å². The van der Waals surface area contributed by atoms with Gasteiger partial charge in [0.05, 0.1) is 10.2 Å². The van der Waals surface area contributed by atoms with E-state index in [1.807, 2.05) is 0 Å². The van der Waals surface area contributed by atoms with Crippen molar-refractivity contribution in [1.82, 2.24) is 9.97 Å². The molecule has 2 rings (SSSR count). The lowest BCUT2D eigenvalue weighted by Gasteiger charge is -2.27. The van der Waals surface area contributed by atoms with Crippen molar-refractivity contribution in [2.75, 3.05) is 11.9 Å². The van der Waals surface area contributed by atoms with Crippen LogP contribution in [-0.2, 0) is 0 Å². The fourth-order valence-electron chi connectivity index (χ4n) is 1.65. The molecule has 1 atom stereocenters. The number of fused-ring (bicyclic) bond motifs is 1. The minimum atomic E-state index is 0.310. The lowest BCUT2D eigenvalue weighted by molar-refractivity contribution is 0.274. The highest BCUT2D eigenvalue weighted by atomic mass is 32.1. The summed E-state index contributed by atoms with van der Waals surface area (Å²) in [6.07, 6.45) is 1.64. The number of thiophene rings is 1. The first-order valence-corrected chi connectivity index (χ1v) is 7.20. The van der Waals surface area contributed by atoms with Gasteiger partial charge in [0.2, 0.25) is 0 Å². The van der Waals surface area contributed by atoms with Gasteiger partial charge in [-0.05, 0) is 29.2 Å². The zero-order valence-electron chi connectivity index (χ0n) is 11.7. The standard InChI is InChI=1S/C14H21N3S/c1-9-7-18-12-11(9)16-8-17-13(12)15-6-10(2)14(3,4)5/h7-8,10H,6H2,1-5H3,(H,15,16,17). The fourth-order valence-corrected chi connectivity index (χ4v) is 2.62. The van der Waals surface area contributed by atoms with Gasteiger partial charge in [-0.2, -0.15) is 0 Å². The summed E-state index contributed by atoms with van der Waals surface area (Å²) in [4.78, 5) is 8.70. The molecular weight excluding hydrogens is 242 g/mol. The highest BCUT2D eigenvalue weighted by Gasteiger charge is 2.20. The summed E-state index contributed by atoms with van der Waals surface area (Å²) >= 11 is 1.71. The maximum atomic E-state index is 4.36. The molecule has 0 aromatic carbocycles. The molecule has 4 heteroatoms. The third-order valence-electron chi connectivity index (χ3n) is 3.58. The molecule has 98 valence electrons. The first kappa shape index (κ1) is 13.3. The van der Waals surface area contributed by atoms with Crippen molar-refractivity contribution >= 4 is 27.4 Å². The number of aryl methyl sites for hydroxylation is 1. The smallest absolute Gasteiger partial charge is 0.147 e. The summed E-state index contributed by atoms with van der Waals surface area (Å²) in [5.41, 5.74) is 2.61. The molecule has 2 aromatic heterocycles. The van der Waals surface area contributed by atoms with Gasteiger partial charge in [0.15, 0.2) is 0 Å². The van der Waals surface area contributed by atoms with E-state index in [0.717, 1.165) is 22.6 Å². The van der Waals surface area contributed by atoms with Gasteiger partial charge in [-0.25, -0.2) is 9.97 Å². The van der Waals surface area contributed by atoms with E-state index in [0.29, 0.717) is 11.3 Å². The summed E-state index contributed by atoms with van der Waals surface area (Å²) in [6, 6.07) is 0. The van der Waals surface area contributed by atoms with Gasteiger partial charge in [-0.3, -0.25) is 0 Å². The maximum absolute atomic E-state index is 4.36. The molecule has 0 saturated heterocycles. The van der Waals surface area contributed by atoms with E-state index in [4.69, 9.17) is 0 Å². The third kappa shape index (κ3) is 2.64. The van der Waals surface area contributed by atoms with Gasteiger partial charge >= 0.3 is 0 Å². The monoisotopic (exact) mass is 263 g/mol. The van der Waals surface area contributed by atoms with Gasteiger partial charge in [0.25, 0.3) is 0 Å². The molecule has 2 aromatic rings. The number of aromatic nitrogens is 2. The van der Waals surface area contributed by atoms with Crippen LogP contribution >= 0.6 is 11.3 Å². The molecule has 18 heavy (non-hydrogen) atoms. The van der Waals surface area contributed by atoms with Gasteiger partial charge in [-0.15, -0.1) is 11.3 Å². The summed E-state index contributed by atoms with van der Waals surface area (Å²) in [6.45, 7) is 12.1. The zero-order valence-corrected chi connectivity index (χ0v) is 12.6. The third-order valence-corrected chi connectivity index (χ3v) is 4.68. The number of rotatable bonds is 3. The zero-order chi connectivity index (χ0) is 13.3. The topological polar surface area (TPSA) is 37.8 Å². The van der Waals surface area contributed by atoms with Crippen LogP contribution in [0.25, 0.3) is 10.2 Å². The summed E-state index contributed by atoms with van der Waals surface area (Å²) < 4.78 is 1.16. The fraction of sp³-hybridized carbons (Fsp3) is 0.571. The molecule has 0 amide bonds. The van der Waals surface area contributed by atoms with Gasteiger partial charge in [0.1, 0.15) is 12.1 Å². The Kier molecular flexibility index (Phi) is 3.57. The van der Waals surface area contributed by atoms with Crippen LogP contribution in [0.4, 0.5) is 5.82 Å². The molecule has 1 N–H and O–H groups in total. The highest BCUT2D eigenvalue weighted by molar-refractivity contribution is 7.18. The quantitative estimate of drug-likeness (QED) is 0.906. The average molecular weight is 263 g/mol. The lowest BCUT2D eigenvalue weighted by atomic mass is 9.82. The Balaban J connectivity index is 2.18. The van der Waals surface area contributed by atoms with Crippen molar-refractivity contribution in [2.24, 2.45) is 11.3 Å². The van der Waals surface area contributed by atoms with Crippen LogP contribution < -0.4 is 5.32 Å². The van der Waals surface area contributed by atoms with Crippen LogP contribution in [0.2, 0.25) is 0 Å². The number of hydrogen-bond acceptors (Lipinski definition) is 4. The van der Waals surface area contributed by atoms with E-state index in [-0.39, 0.29) is 0 Å². The predicted molar refractivity (Wildman–Crippen MR) is 79.3 cm³/mol. The normalized spacial score (nSPS) is 13.8. The van der Waals surface area contributed by atoms with Crippen LogP contribution in [0.5, 0.6) is 0 Å². The first-order chi connectivity index (χ1) is 8.39. The number of nitrogens with zero attached hydrogens (tertiary/aromatic N) is 2. The Bertz CT molecular complexity index is 539. The lowest BCUT2D eigenvalue weighted by Crippen LogP contribution is -2.25. The summed E-state index contributed by atoms with van der Waals surface area (Å²) in [5, 5.41) is 5.60. The van der Waals surface area contributed by atoms with E-state index in [9.17, 15) is 0 Å². The molecule has 2 heterocycles. The van der Waals surface area contributed by atoms with Crippen molar-refractivity contribution in [2.45, 2.75) is 34.6 Å². The maximum Gasteiger partial charge on any atom is 0.147 e. The summed E-state index contributed by atoms with van der Waals surface area (Å²) in [5.74, 6) is 1.55. The van der Waals surface area contributed by atoms with E-state index >= 15 is 0 Å². The summed E-state index contributed by atoms with van der Waals surface area (Å²) in [7, 11) is 0. The van der Waals surface area contributed by atoms with E-state index in [1.165, 1.54) is 5.56 Å². The van der Waals surface area contributed by atoms with Crippen LogP contribution in [-0.4, -0.2) is 16.5 Å². The van der Waals surface area contributed by atoms with Crippen molar-refractivity contribution in [3.63, 3.8) is 0 Å². The Labute approximate surface area is 113 Å². The van der Waals surface area contributed by atoms with Crippen LogP contribution in [0, 0.1) is 18.3 Å². The highest BCUT2D eigenvalue weighted by Crippen LogP contribution is 2.30. The molecule has 0 bridgehead atoms. The Hall–Kier alpha value is -1.16. The number of anilines is 1. The van der Waals surface area contributed by atoms with Gasteiger partial charge in [0, 0.05) is 6.54 Å². The predicted octanol–water partition coefficient (Wildman–Crippen LogP) is 4.09. The minimum absolute atomic E-state index is 0.310. The molecule has 1 unspecified atom stereocenters. The van der Waals surface area contributed by atoms with E-state index in [2.05, 4.69) is 55.3 Å². The average Bonchev–Trinajstić information content (AvgIpc) is 2.67. The Morgan fingerprint density at radius 2 is 2.06 bits per heavy atom. The van der Waals surface area contributed by atoms with E-state index in [1.54, 1.807) is 17.7 Å². The number of nitrogens with one attached hydrogen (secondary N) is 1. The van der Waals surface area contributed by atoms with Crippen molar-refractivity contribution in [3.05, 3.63) is 17.3 Å². The second-order valence-corrected chi connectivity index (χ2v) is 6.85. The minimum Gasteiger partial charge on any atom is -0.368 e. The second kappa shape index (κ2) is 4.84. The van der Waals surface area contributed by atoms with Crippen molar-refractivity contribution in [1.29, 1.82) is 0 Å². The molecule has 0 saturated carbocycles. The Morgan fingerprint density at radius 3 is 2.72 bits per heavy atom. The molecule has 0 aliphatic rings. The molecular formula is C14H21N3S. The van der Waals surface area contributed by atoms with Gasteiger partial charge in [-0.1, -0.05) is 27.7 Å². The molecule has 0 radical (unpaired) electrons. The molecule has 0 aliphatic carbocycles. The van der Waals surface area contributed by atoms with Crippen molar-refractivity contribution in [3.8, 4) is 0 Å². The molecule has 0 aliphatic heterocycles. The van der Waals surface area contributed by atoms with Crippen molar-refractivity contribution < 1.29 is 0 Å². The Morgan fingerprint density at radius 1 is 1.33 bits per heavy atom. The molecule has 0 spiro atoms. The van der Waals surface area contributed by atoms with Crippen LogP contribution in [0.1, 0.15) is 33.3 Å². The largest absolute Gasteiger partial charge is 0.368 e. The second-order valence-electron chi connectivity index (χ2n) is 5.97. The SMILES string of the molecule is Cc1csc2c(NCC(C)C(C)(C)C)ncnc12. The van der Waals surface area contributed by atoms with Crippen LogP contribution in [0.3, 0.4) is 0 Å². The number of hydrogen-bond donors (Lipinski definition) is 1. The molecule has 0 fully saturated rings. The van der Waals surface area contributed by atoms with Gasteiger partial charge < -0.3 is 5.32 Å². The first-order valence-electron chi connectivity index (χ1n) is 6.32. The van der Waals surface area contributed by atoms with E-state index < -0.39 is 0 Å².